The molecule has 42 heavy (non-hydrogen) atoms. The molecule has 3 rings (SSSR count). The summed E-state index contributed by atoms with van der Waals surface area (Å²) in [6, 6.07) is 17.3. The van der Waals surface area contributed by atoms with Gasteiger partial charge in [-0.05, 0) is 56.3 Å². The third-order valence-corrected chi connectivity index (χ3v) is 7.53. The van der Waals surface area contributed by atoms with E-state index in [0.29, 0.717) is 31.7 Å². The van der Waals surface area contributed by atoms with Crippen molar-refractivity contribution in [1.82, 2.24) is 20.4 Å². The molecular formula is C32H45N5O5. The van der Waals surface area contributed by atoms with E-state index in [-0.39, 0.29) is 23.8 Å². The Bertz CT molecular complexity index is 1180. The maximum Gasteiger partial charge on any atom is 0.412 e. The molecule has 3 atom stereocenters. The first-order chi connectivity index (χ1) is 20.0. The molecule has 1 aliphatic heterocycles. The number of likely N-dealkylation sites (N-methyl/N-ethyl adjacent to an activating group) is 1. The van der Waals surface area contributed by atoms with E-state index in [0.717, 1.165) is 18.4 Å². The van der Waals surface area contributed by atoms with Crippen LogP contribution in [0.2, 0.25) is 0 Å². The first kappa shape index (κ1) is 32.6. The summed E-state index contributed by atoms with van der Waals surface area (Å²) in [6.07, 6.45) is 1.43. The Kier molecular flexibility index (Phi) is 11.9. The quantitative estimate of drug-likeness (QED) is 0.355. The summed E-state index contributed by atoms with van der Waals surface area (Å²) < 4.78 is 5.26. The van der Waals surface area contributed by atoms with Crippen LogP contribution in [-0.2, 0) is 25.5 Å². The van der Waals surface area contributed by atoms with Crippen LogP contribution in [0.4, 0.5) is 10.5 Å². The van der Waals surface area contributed by atoms with Gasteiger partial charge in [0.25, 0.3) is 5.91 Å². The molecule has 2 aromatic carbocycles. The summed E-state index contributed by atoms with van der Waals surface area (Å²) in [4.78, 5) is 55.8. The van der Waals surface area contributed by atoms with E-state index in [1.165, 1.54) is 0 Å². The van der Waals surface area contributed by atoms with Crippen LogP contribution in [0.3, 0.4) is 0 Å². The van der Waals surface area contributed by atoms with Crippen molar-refractivity contribution in [2.75, 3.05) is 38.6 Å². The Morgan fingerprint density at radius 3 is 2.29 bits per heavy atom. The third-order valence-electron chi connectivity index (χ3n) is 7.53. The number of likely N-dealkylation sites (tertiary alicyclic amines) is 1. The van der Waals surface area contributed by atoms with Crippen molar-refractivity contribution >= 4 is 29.5 Å². The molecule has 2 aromatic rings. The van der Waals surface area contributed by atoms with Crippen molar-refractivity contribution in [3.8, 4) is 0 Å². The van der Waals surface area contributed by atoms with Crippen LogP contribution >= 0.6 is 0 Å². The minimum atomic E-state index is -0.722. The van der Waals surface area contributed by atoms with E-state index in [4.69, 9.17) is 4.74 Å². The summed E-state index contributed by atoms with van der Waals surface area (Å²) in [6.45, 7) is 8.37. The van der Waals surface area contributed by atoms with Gasteiger partial charge in [-0.2, -0.15) is 0 Å². The number of amides is 4. The van der Waals surface area contributed by atoms with Crippen LogP contribution in [0.5, 0.6) is 0 Å². The molecule has 0 saturated carbocycles. The van der Waals surface area contributed by atoms with Gasteiger partial charge in [-0.1, -0.05) is 69.3 Å². The van der Waals surface area contributed by atoms with Gasteiger partial charge in [-0.3, -0.25) is 19.7 Å². The van der Waals surface area contributed by atoms with Crippen molar-refractivity contribution in [2.24, 2.45) is 5.41 Å². The van der Waals surface area contributed by atoms with Gasteiger partial charge in [0.2, 0.25) is 11.8 Å². The van der Waals surface area contributed by atoms with E-state index in [1.807, 2.05) is 57.2 Å². The fraction of sp³-hybridized carbons (Fsp3) is 0.500. The zero-order valence-electron chi connectivity index (χ0n) is 25.4. The molecule has 228 valence electrons. The molecule has 10 heteroatoms. The number of ether oxygens (including phenoxy) is 1. The second-order valence-corrected chi connectivity index (χ2v) is 11.8. The summed E-state index contributed by atoms with van der Waals surface area (Å²) in [5, 5.41) is 8.48. The van der Waals surface area contributed by atoms with Gasteiger partial charge in [0.1, 0.15) is 6.04 Å². The van der Waals surface area contributed by atoms with Crippen molar-refractivity contribution in [2.45, 2.75) is 65.1 Å². The molecule has 10 nitrogen and oxygen atoms in total. The van der Waals surface area contributed by atoms with Gasteiger partial charge in [0, 0.05) is 31.4 Å². The Balaban J connectivity index is 1.72. The summed E-state index contributed by atoms with van der Waals surface area (Å²) >= 11 is 0. The Labute approximate surface area is 249 Å². The smallest absolute Gasteiger partial charge is 0.412 e. The second kappa shape index (κ2) is 15.3. The zero-order valence-corrected chi connectivity index (χ0v) is 25.4. The fourth-order valence-corrected chi connectivity index (χ4v) is 4.90. The number of rotatable bonds is 12. The highest BCUT2D eigenvalue weighted by Crippen LogP contribution is 2.26. The monoisotopic (exact) mass is 579 g/mol. The lowest BCUT2D eigenvalue weighted by Gasteiger charge is -2.37. The molecule has 1 heterocycles. The van der Waals surface area contributed by atoms with Gasteiger partial charge in [0.05, 0.1) is 6.04 Å². The number of hydrogen-bond donors (Lipinski definition) is 3. The Morgan fingerprint density at radius 1 is 1.02 bits per heavy atom. The largest absolute Gasteiger partial charge is 0.439 e. The molecule has 1 aliphatic rings. The molecular weight excluding hydrogens is 534 g/mol. The van der Waals surface area contributed by atoms with Crippen molar-refractivity contribution in [3.05, 3.63) is 66.2 Å². The van der Waals surface area contributed by atoms with E-state index in [1.54, 1.807) is 48.0 Å². The molecule has 0 spiro atoms. The van der Waals surface area contributed by atoms with E-state index in [2.05, 4.69) is 16.0 Å². The maximum absolute atomic E-state index is 13.9. The number of hydrogen-bond acceptors (Lipinski definition) is 6. The van der Waals surface area contributed by atoms with Crippen LogP contribution in [0.1, 0.15) is 46.1 Å². The average molecular weight is 580 g/mol. The number of para-hydroxylation sites is 1. The molecule has 0 aliphatic carbocycles. The minimum absolute atomic E-state index is 0.157. The van der Waals surface area contributed by atoms with Gasteiger partial charge in [0.15, 0.2) is 6.61 Å². The first-order valence-corrected chi connectivity index (χ1v) is 14.6. The highest BCUT2D eigenvalue weighted by Gasteiger charge is 2.40. The van der Waals surface area contributed by atoms with Crippen LogP contribution in [0.15, 0.2) is 60.7 Å². The third kappa shape index (κ3) is 9.58. The van der Waals surface area contributed by atoms with Crippen LogP contribution < -0.4 is 16.0 Å². The highest BCUT2D eigenvalue weighted by molar-refractivity contribution is 5.90. The van der Waals surface area contributed by atoms with E-state index < -0.39 is 30.2 Å². The Morgan fingerprint density at radius 2 is 1.67 bits per heavy atom. The number of carbonyl (C=O) groups is 4. The van der Waals surface area contributed by atoms with Crippen LogP contribution in [0, 0.1) is 5.41 Å². The lowest BCUT2D eigenvalue weighted by Crippen LogP contribution is -2.59. The summed E-state index contributed by atoms with van der Waals surface area (Å²) in [5.41, 5.74) is 1.13. The van der Waals surface area contributed by atoms with Crippen molar-refractivity contribution in [1.29, 1.82) is 0 Å². The molecule has 0 aromatic heterocycles. The number of anilines is 1. The summed E-state index contributed by atoms with van der Waals surface area (Å²) in [5.74, 6) is -0.736. The van der Waals surface area contributed by atoms with Gasteiger partial charge < -0.3 is 25.2 Å². The molecule has 4 amide bonds. The average Bonchev–Trinajstić information content (AvgIpc) is 3.44. The van der Waals surface area contributed by atoms with E-state index >= 15 is 0 Å². The molecule has 3 N–H and O–H groups in total. The molecule has 2 unspecified atom stereocenters. The fourth-order valence-electron chi connectivity index (χ4n) is 4.90. The SMILES string of the molecule is CN[C@@H](C)C(=O)NC(C(=O)N1CCCC1CN(CCc1ccccc1)C(=O)COC(=O)Nc1ccccc1)C(C)(C)C. The van der Waals surface area contributed by atoms with Crippen molar-refractivity contribution < 1.29 is 23.9 Å². The number of benzene rings is 2. The molecule has 1 fully saturated rings. The number of carbonyl (C=O) groups excluding carboxylic acids is 4. The van der Waals surface area contributed by atoms with Gasteiger partial charge in [-0.25, -0.2) is 4.79 Å². The molecule has 0 bridgehead atoms. The summed E-state index contributed by atoms with van der Waals surface area (Å²) in [7, 11) is 1.70. The Hall–Kier alpha value is -3.92. The number of nitrogens with one attached hydrogen (secondary N) is 3. The van der Waals surface area contributed by atoms with Crippen LogP contribution in [-0.4, -0.2) is 85.0 Å². The maximum atomic E-state index is 13.9. The van der Waals surface area contributed by atoms with Gasteiger partial charge >= 0.3 is 6.09 Å². The highest BCUT2D eigenvalue weighted by atomic mass is 16.6. The topological polar surface area (TPSA) is 120 Å². The normalized spacial score (nSPS) is 16.3. The predicted molar refractivity (Wildman–Crippen MR) is 163 cm³/mol. The standard InChI is InChI=1S/C32H45N5O5/c1-23(33-5)29(39)35-28(32(2,3)4)30(40)37-19-12-17-26(37)21-36(20-18-24-13-8-6-9-14-24)27(38)22-42-31(41)34-25-15-10-7-11-16-25/h6-11,13-16,23,26,28,33H,12,17-22H2,1-5H3,(H,34,41)(H,35,39)/t23-,26?,28?/m0/s1. The zero-order chi connectivity index (χ0) is 30.7. The first-order valence-electron chi connectivity index (χ1n) is 14.6. The molecule has 0 radical (unpaired) electrons. The second-order valence-electron chi connectivity index (χ2n) is 11.8. The lowest BCUT2D eigenvalue weighted by molar-refractivity contribution is -0.142. The van der Waals surface area contributed by atoms with Gasteiger partial charge in [-0.15, -0.1) is 0 Å². The lowest BCUT2D eigenvalue weighted by atomic mass is 9.85. The number of nitrogens with zero attached hydrogens (tertiary/aromatic N) is 2. The molecule has 1 saturated heterocycles. The minimum Gasteiger partial charge on any atom is -0.439 e. The predicted octanol–water partition coefficient (Wildman–Crippen LogP) is 3.44. The van der Waals surface area contributed by atoms with Crippen LogP contribution in [0.25, 0.3) is 0 Å². The van der Waals surface area contributed by atoms with E-state index in [9.17, 15) is 19.2 Å². The van der Waals surface area contributed by atoms with Crippen molar-refractivity contribution in [3.63, 3.8) is 0 Å².